The Bertz CT molecular complexity index is 1190. The van der Waals surface area contributed by atoms with Crippen molar-refractivity contribution in [2.45, 2.75) is 37.9 Å². The summed E-state index contributed by atoms with van der Waals surface area (Å²) in [5.41, 5.74) is 2.95. The van der Waals surface area contributed by atoms with Gasteiger partial charge >= 0.3 is 0 Å². The Kier molecular flexibility index (Phi) is 6.32. The monoisotopic (exact) mass is 462 g/mol. The van der Waals surface area contributed by atoms with Gasteiger partial charge in [0.2, 0.25) is 9.84 Å². The molecule has 2 aliphatic rings. The van der Waals surface area contributed by atoms with Crippen molar-refractivity contribution in [3.05, 3.63) is 117 Å². The first-order valence-corrected chi connectivity index (χ1v) is 12.5. The Morgan fingerprint density at radius 1 is 0.697 bits per heavy atom. The Morgan fingerprint density at radius 3 is 1.39 bits per heavy atom. The zero-order valence-electron chi connectivity index (χ0n) is 19.5. The topological polar surface area (TPSA) is 52.6 Å². The van der Waals surface area contributed by atoms with Crippen LogP contribution in [-0.4, -0.2) is 22.6 Å². The van der Waals surface area contributed by atoms with Gasteiger partial charge in [-0.05, 0) is 60.4 Å². The summed E-state index contributed by atoms with van der Waals surface area (Å²) in [6.45, 7) is 4.07. The molecule has 172 valence electrons. The second kappa shape index (κ2) is 8.90. The lowest BCUT2D eigenvalue weighted by Gasteiger charge is -2.34. The summed E-state index contributed by atoms with van der Waals surface area (Å²) in [6.07, 6.45) is 11.5. The van der Waals surface area contributed by atoms with E-state index < -0.39 is 21.0 Å². The minimum atomic E-state index is -3.65. The van der Waals surface area contributed by atoms with E-state index in [0.717, 1.165) is 22.3 Å². The van der Waals surface area contributed by atoms with Crippen molar-refractivity contribution in [1.82, 2.24) is 0 Å². The van der Waals surface area contributed by atoms with Crippen molar-refractivity contribution >= 4 is 9.84 Å². The second-order valence-electron chi connectivity index (χ2n) is 8.61. The zero-order chi connectivity index (χ0) is 23.7. The SMILES string of the molecule is COC1(c2ccccc2C)C=CC(S(=O)(=O)C2=CCC(OC)(c3ccccc3C)C=C2)=CC1. The van der Waals surface area contributed by atoms with Crippen LogP contribution in [-0.2, 0) is 30.5 Å². The third-order valence-electron chi connectivity index (χ3n) is 6.80. The van der Waals surface area contributed by atoms with Crippen molar-refractivity contribution in [1.29, 1.82) is 0 Å². The van der Waals surface area contributed by atoms with Crippen LogP contribution in [0.25, 0.3) is 0 Å². The van der Waals surface area contributed by atoms with E-state index >= 15 is 0 Å². The van der Waals surface area contributed by atoms with E-state index in [1.165, 1.54) is 0 Å². The lowest BCUT2D eigenvalue weighted by molar-refractivity contribution is 0.0301. The first-order valence-electron chi connectivity index (χ1n) is 11.0. The van der Waals surface area contributed by atoms with Gasteiger partial charge in [0, 0.05) is 27.1 Å². The number of allylic oxidation sites excluding steroid dienone is 2. The average molecular weight is 463 g/mol. The van der Waals surface area contributed by atoms with Gasteiger partial charge in [0.15, 0.2) is 0 Å². The molecule has 0 N–H and O–H groups in total. The fourth-order valence-corrected chi connectivity index (χ4v) is 6.13. The average Bonchev–Trinajstić information content (AvgIpc) is 2.84. The number of hydrogen-bond donors (Lipinski definition) is 0. The maximum atomic E-state index is 13.4. The van der Waals surface area contributed by atoms with Crippen LogP contribution in [0.3, 0.4) is 0 Å². The molecule has 2 unspecified atom stereocenters. The van der Waals surface area contributed by atoms with Gasteiger partial charge in [0.05, 0.1) is 9.81 Å². The molecule has 2 aromatic rings. The molecular formula is C28H30O4S. The number of aryl methyl sites for hydroxylation is 2. The van der Waals surface area contributed by atoms with Crippen LogP contribution in [0.1, 0.15) is 35.1 Å². The normalized spacial score (nSPS) is 25.0. The second-order valence-corrected chi connectivity index (χ2v) is 10.6. The molecule has 0 radical (unpaired) electrons. The Balaban J connectivity index is 1.61. The number of hydrogen-bond acceptors (Lipinski definition) is 4. The largest absolute Gasteiger partial charge is 0.369 e. The number of ether oxygens (including phenoxy) is 2. The molecule has 4 rings (SSSR count). The van der Waals surface area contributed by atoms with Crippen molar-refractivity contribution in [3.8, 4) is 0 Å². The number of sulfone groups is 1. The van der Waals surface area contributed by atoms with Crippen LogP contribution in [0.5, 0.6) is 0 Å². The Labute approximate surface area is 196 Å². The molecule has 5 heteroatoms. The summed E-state index contributed by atoms with van der Waals surface area (Å²) in [5.74, 6) is 0. The van der Waals surface area contributed by atoms with Crippen LogP contribution in [0, 0.1) is 13.8 Å². The lowest BCUT2D eigenvalue weighted by Crippen LogP contribution is -2.30. The lowest BCUT2D eigenvalue weighted by atomic mass is 9.84. The number of rotatable bonds is 6. The predicted molar refractivity (Wildman–Crippen MR) is 132 cm³/mol. The van der Waals surface area contributed by atoms with Crippen LogP contribution in [0.4, 0.5) is 0 Å². The van der Waals surface area contributed by atoms with Crippen LogP contribution in [0.15, 0.2) is 94.8 Å². The van der Waals surface area contributed by atoms with Gasteiger partial charge in [-0.1, -0.05) is 60.7 Å². The van der Waals surface area contributed by atoms with Crippen LogP contribution >= 0.6 is 0 Å². The van der Waals surface area contributed by atoms with Crippen molar-refractivity contribution in [2.75, 3.05) is 14.2 Å². The van der Waals surface area contributed by atoms with E-state index in [1.807, 2.05) is 74.5 Å². The minimum Gasteiger partial charge on any atom is -0.369 e. The predicted octanol–water partition coefficient (Wildman–Crippen LogP) is 5.79. The maximum Gasteiger partial charge on any atom is 0.205 e. The van der Waals surface area contributed by atoms with Gasteiger partial charge < -0.3 is 9.47 Å². The molecule has 2 atom stereocenters. The summed E-state index contributed by atoms with van der Waals surface area (Å²) < 4.78 is 38.6. The van der Waals surface area contributed by atoms with E-state index in [0.29, 0.717) is 22.7 Å². The summed E-state index contributed by atoms with van der Waals surface area (Å²) >= 11 is 0. The molecule has 0 spiro atoms. The molecule has 0 aliphatic heterocycles. The summed E-state index contributed by atoms with van der Waals surface area (Å²) in [4.78, 5) is 0.584. The number of benzene rings is 2. The quantitative estimate of drug-likeness (QED) is 0.545. The molecule has 33 heavy (non-hydrogen) atoms. The molecular weight excluding hydrogens is 432 g/mol. The van der Waals surface area contributed by atoms with E-state index in [-0.39, 0.29) is 0 Å². The third-order valence-corrected chi connectivity index (χ3v) is 8.64. The third kappa shape index (κ3) is 4.05. The van der Waals surface area contributed by atoms with Gasteiger partial charge in [-0.25, -0.2) is 8.42 Å². The molecule has 4 nitrogen and oxygen atoms in total. The van der Waals surface area contributed by atoms with Crippen LogP contribution in [0.2, 0.25) is 0 Å². The highest BCUT2D eigenvalue weighted by atomic mass is 32.2. The van der Waals surface area contributed by atoms with Crippen LogP contribution < -0.4 is 0 Å². The first kappa shape index (κ1) is 23.4. The van der Waals surface area contributed by atoms with Crippen molar-refractivity contribution in [3.63, 3.8) is 0 Å². The molecule has 0 bridgehead atoms. The highest BCUT2D eigenvalue weighted by Crippen LogP contribution is 2.41. The summed E-state index contributed by atoms with van der Waals surface area (Å²) in [7, 11) is -0.331. The van der Waals surface area contributed by atoms with Gasteiger partial charge in [-0.2, -0.15) is 0 Å². The first-order chi connectivity index (χ1) is 15.8. The highest BCUT2D eigenvalue weighted by Gasteiger charge is 2.37. The molecule has 0 aromatic heterocycles. The molecule has 0 fully saturated rings. The van der Waals surface area contributed by atoms with E-state index in [9.17, 15) is 8.42 Å². The highest BCUT2D eigenvalue weighted by molar-refractivity contribution is 7.99. The standard InChI is InChI=1S/C28H30O4S/c1-21-9-5-7-11-25(21)27(31-3)17-13-23(14-18-27)33(29,30)24-15-19-28(32-4,20-16-24)26-12-8-6-10-22(26)2/h5-17,19H,18,20H2,1-4H3. The van der Waals surface area contributed by atoms with Crippen molar-refractivity contribution in [2.24, 2.45) is 0 Å². The van der Waals surface area contributed by atoms with Gasteiger partial charge in [0.1, 0.15) is 11.2 Å². The Hall–Kier alpha value is -2.73. The molecule has 0 amide bonds. The van der Waals surface area contributed by atoms with Crippen molar-refractivity contribution < 1.29 is 17.9 Å². The fraction of sp³-hybridized carbons (Fsp3) is 0.286. The molecule has 2 aromatic carbocycles. The van der Waals surface area contributed by atoms with Gasteiger partial charge in [-0.3, -0.25) is 0 Å². The maximum absolute atomic E-state index is 13.4. The minimum absolute atomic E-state index is 0.292. The fourth-order valence-electron chi connectivity index (χ4n) is 4.76. The van der Waals surface area contributed by atoms with Gasteiger partial charge in [-0.15, -0.1) is 0 Å². The molecule has 2 aliphatic carbocycles. The molecule has 0 saturated heterocycles. The Morgan fingerprint density at radius 2 is 1.09 bits per heavy atom. The summed E-state index contributed by atoms with van der Waals surface area (Å²) in [6, 6.07) is 16.0. The van der Waals surface area contributed by atoms with Gasteiger partial charge in [0.25, 0.3) is 0 Å². The van der Waals surface area contributed by atoms with E-state index in [4.69, 9.17) is 9.47 Å². The van der Waals surface area contributed by atoms with E-state index in [1.54, 1.807) is 38.5 Å². The molecule has 0 saturated carbocycles. The molecule has 0 heterocycles. The summed E-state index contributed by atoms with van der Waals surface area (Å²) in [5, 5.41) is 0. The van der Waals surface area contributed by atoms with E-state index in [2.05, 4.69) is 0 Å². The smallest absolute Gasteiger partial charge is 0.205 e. The number of methoxy groups -OCH3 is 2. The zero-order valence-corrected chi connectivity index (χ0v) is 20.4.